The van der Waals surface area contributed by atoms with Crippen LogP contribution < -0.4 is 14.8 Å². The van der Waals surface area contributed by atoms with E-state index in [2.05, 4.69) is 21.2 Å². The van der Waals surface area contributed by atoms with Crippen molar-refractivity contribution >= 4 is 21.6 Å². The Bertz CT molecular complexity index is 2070. The lowest BCUT2D eigenvalue weighted by molar-refractivity contribution is 0.0165. The molecule has 2 amide bonds. The molecule has 0 fully saturated rings. The fourth-order valence-electron chi connectivity index (χ4n) is 7.61. The lowest BCUT2D eigenvalue weighted by Gasteiger charge is -2.33. The number of aryl methyl sites for hydroxylation is 1. The van der Waals surface area contributed by atoms with E-state index in [1.165, 1.54) is 6.20 Å². The summed E-state index contributed by atoms with van der Waals surface area (Å²) >= 11 is 0. The first-order valence-electron chi connectivity index (χ1n) is 16.9. The molecule has 1 unspecified atom stereocenters. The summed E-state index contributed by atoms with van der Waals surface area (Å²) in [4.78, 5) is 14.5. The molecule has 256 valence electrons. The van der Waals surface area contributed by atoms with Crippen molar-refractivity contribution in [3.05, 3.63) is 142 Å². The van der Waals surface area contributed by atoms with Crippen molar-refractivity contribution in [3.8, 4) is 5.88 Å². The molecule has 3 aliphatic rings. The zero-order valence-electron chi connectivity index (χ0n) is 27.7. The van der Waals surface area contributed by atoms with E-state index in [1.807, 2.05) is 91.0 Å². The monoisotopic (exact) mass is 691 g/mol. The maximum absolute atomic E-state index is 16.0. The number of amides is 2. The van der Waals surface area contributed by atoms with E-state index in [1.54, 1.807) is 11.8 Å². The molecule has 2 aliphatic carbocycles. The van der Waals surface area contributed by atoms with Gasteiger partial charge in [-0.1, -0.05) is 97.1 Å². The number of alkyl halides is 1. The minimum absolute atomic E-state index is 0.140. The number of carbonyl (C=O) groups excluding carboxylic acids is 1. The van der Waals surface area contributed by atoms with Crippen molar-refractivity contribution in [2.75, 3.05) is 19.0 Å². The van der Waals surface area contributed by atoms with Gasteiger partial charge in [0, 0.05) is 25.6 Å². The van der Waals surface area contributed by atoms with Crippen LogP contribution in [0.2, 0.25) is 0 Å². The highest BCUT2D eigenvalue weighted by atomic mass is 32.2. The third-order valence-electron chi connectivity index (χ3n) is 9.95. The van der Waals surface area contributed by atoms with Gasteiger partial charge in [-0.25, -0.2) is 22.8 Å². The SMILES string of the molecule is CO[C@@H]1COc2c(S(=O)(=NC(c3ccccc3)(c3ccccc3)c3ccccc3)NC(=O)Nc3c4c(cc5c3C[C@@H](F)C5)CCC4)cnn2C1. The van der Waals surface area contributed by atoms with E-state index in [-0.39, 0.29) is 29.9 Å². The highest BCUT2D eigenvalue weighted by Gasteiger charge is 2.41. The van der Waals surface area contributed by atoms with Gasteiger partial charge < -0.3 is 14.8 Å². The maximum atomic E-state index is 16.0. The number of rotatable bonds is 8. The van der Waals surface area contributed by atoms with Gasteiger partial charge >= 0.3 is 6.03 Å². The number of ether oxygens (including phenoxy) is 2. The van der Waals surface area contributed by atoms with Crippen LogP contribution in [0.25, 0.3) is 0 Å². The minimum Gasteiger partial charge on any atom is -0.474 e. The van der Waals surface area contributed by atoms with E-state index < -0.39 is 27.7 Å². The third-order valence-corrected chi connectivity index (χ3v) is 11.8. The van der Waals surface area contributed by atoms with Crippen LogP contribution in [0.1, 0.15) is 45.4 Å². The van der Waals surface area contributed by atoms with Gasteiger partial charge in [0.2, 0.25) is 5.88 Å². The first kappa shape index (κ1) is 32.2. The second-order valence-corrected chi connectivity index (χ2v) is 14.9. The minimum atomic E-state index is -3.91. The lowest BCUT2D eigenvalue weighted by atomic mass is 9.78. The summed E-state index contributed by atoms with van der Waals surface area (Å²) in [7, 11) is -2.31. The number of urea groups is 1. The molecule has 50 heavy (non-hydrogen) atoms. The van der Waals surface area contributed by atoms with E-state index in [0.717, 1.165) is 58.2 Å². The summed E-state index contributed by atoms with van der Waals surface area (Å²) in [5, 5.41) is 7.56. The fourth-order valence-corrected chi connectivity index (χ4v) is 9.46. The van der Waals surface area contributed by atoms with E-state index in [9.17, 15) is 9.18 Å². The average Bonchev–Trinajstić information content (AvgIpc) is 3.89. The molecule has 0 saturated carbocycles. The summed E-state index contributed by atoms with van der Waals surface area (Å²) in [6.45, 7) is 0.590. The maximum Gasteiger partial charge on any atom is 0.331 e. The number of aromatic nitrogens is 2. The Morgan fingerprint density at radius 2 is 1.58 bits per heavy atom. The summed E-state index contributed by atoms with van der Waals surface area (Å²) in [6.07, 6.45) is 3.34. The lowest BCUT2D eigenvalue weighted by Crippen LogP contribution is -2.39. The number of anilines is 1. The third kappa shape index (κ3) is 5.64. The van der Waals surface area contributed by atoms with E-state index in [0.29, 0.717) is 18.7 Å². The molecule has 5 aromatic rings. The van der Waals surface area contributed by atoms with Crippen LogP contribution in [0.15, 0.2) is 113 Å². The second kappa shape index (κ2) is 13.0. The Morgan fingerprint density at radius 3 is 2.20 bits per heavy atom. The Labute approximate surface area is 291 Å². The van der Waals surface area contributed by atoms with Gasteiger partial charge in [0.05, 0.1) is 12.7 Å². The van der Waals surface area contributed by atoms with Gasteiger partial charge in [-0.05, 0) is 58.2 Å². The summed E-state index contributed by atoms with van der Waals surface area (Å²) in [5.41, 5.74) is 5.39. The zero-order valence-corrected chi connectivity index (χ0v) is 28.5. The van der Waals surface area contributed by atoms with Crippen molar-refractivity contribution in [1.82, 2.24) is 14.5 Å². The molecule has 4 aromatic carbocycles. The number of carbonyl (C=O) groups is 1. The zero-order chi connectivity index (χ0) is 34.3. The summed E-state index contributed by atoms with van der Waals surface area (Å²) in [5.74, 6) is 0.247. The molecule has 2 heterocycles. The Morgan fingerprint density at radius 1 is 0.940 bits per heavy atom. The molecule has 0 saturated heterocycles. The van der Waals surface area contributed by atoms with E-state index in [4.69, 9.17) is 13.8 Å². The van der Waals surface area contributed by atoms with Crippen LogP contribution in [0, 0.1) is 0 Å². The summed E-state index contributed by atoms with van der Waals surface area (Å²) in [6, 6.07) is 30.3. The molecule has 1 aromatic heterocycles. The van der Waals surface area contributed by atoms with Crippen molar-refractivity contribution < 1.29 is 22.9 Å². The van der Waals surface area contributed by atoms with E-state index >= 15 is 4.21 Å². The largest absolute Gasteiger partial charge is 0.474 e. The van der Waals surface area contributed by atoms with Gasteiger partial charge in [0.1, 0.15) is 29.3 Å². The smallest absolute Gasteiger partial charge is 0.331 e. The van der Waals surface area contributed by atoms with Crippen LogP contribution >= 0.6 is 0 Å². The standard InChI is InChI=1S/C39H38FN5O4S/c1-48-32-24-45-37(49-25-32)35(23-41-45)50(47,43-38(46)42-36-33-19-11-12-26(33)20-27-21-31(40)22-34(27)36)44-39(28-13-5-2-6-14-28,29-15-7-3-8-16-29)30-17-9-4-10-18-30/h2-10,13-18,20,23,31-32H,11-12,19,21-22,24-25H2,1H3,(H2,42,43,44,46,47)/t31-,32-,50?/m0/s1. The second-order valence-electron chi connectivity index (χ2n) is 13.0. The van der Waals surface area contributed by atoms with Crippen molar-refractivity contribution in [2.45, 2.75) is 61.4 Å². The fraction of sp³-hybridized carbons (Fsp3) is 0.282. The van der Waals surface area contributed by atoms with Crippen molar-refractivity contribution in [2.24, 2.45) is 4.36 Å². The molecular formula is C39H38FN5O4S. The molecule has 0 spiro atoms. The molecule has 2 N–H and O–H groups in total. The first-order valence-corrected chi connectivity index (χ1v) is 18.4. The molecule has 8 rings (SSSR count). The van der Waals surface area contributed by atoms with Crippen LogP contribution in [0.3, 0.4) is 0 Å². The summed E-state index contributed by atoms with van der Waals surface area (Å²) < 4.78 is 52.1. The van der Waals surface area contributed by atoms with Gasteiger partial charge in [0.15, 0.2) is 9.92 Å². The number of hydrogen-bond donors (Lipinski definition) is 2. The Balaban J connectivity index is 1.33. The van der Waals surface area contributed by atoms with Gasteiger partial charge in [0.25, 0.3) is 0 Å². The van der Waals surface area contributed by atoms with Crippen LogP contribution in [-0.4, -0.2) is 46.0 Å². The number of hydrogen-bond acceptors (Lipinski definition) is 6. The molecule has 11 heteroatoms. The molecule has 0 radical (unpaired) electrons. The quantitative estimate of drug-likeness (QED) is 0.175. The van der Waals surface area contributed by atoms with Crippen LogP contribution in [0.5, 0.6) is 5.88 Å². The predicted molar refractivity (Wildman–Crippen MR) is 189 cm³/mol. The number of methoxy groups -OCH3 is 1. The molecule has 3 atom stereocenters. The normalized spacial score (nSPS) is 19.0. The Kier molecular flexibility index (Phi) is 8.40. The number of halogens is 1. The average molecular weight is 692 g/mol. The van der Waals surface area contributed by atoms with Gasteiger partial charge in [-0.15, -0.1) is 0 Å². The highest BCUT2D eigenvalue weighted by Crippen LogP contribution is 2.44. The van der Waals surface area contributed by atoms with Crippen LogP contribution in [-0.2, 0) is 52.4 Å². The number of fused-ring (bicyclic) bond motifs is 3. The Hall–Kier alpha value is -5.00. The topological polar surface area (TPSA) is 107 Å². The van der Waals surface area contributed by atoms with Crippen molar-refractivity contribution in [3.63, 3.8) is 0 Å². The molecule has 1 aliphatic heterocycles. The number of benzene rings is 4. The first-order chi connectivity index (χ1) is 24.4. The predicted octanol–water partition coefficient (Wildman–Crippen LogP) is 6.77. The number of nitrogens with one attached hydrogen (secondary N) is 2. The molecular weight excluding hydrogens is 654 g/mol. The van der Waals surface area contributed by atoms with Gasteiger partial charge in [-0.2, -0.15) is 9.46 Å². The van der Waals surface area contributed by atoms with Crippen molar-refractivity contribution in [1.29, 1.82) is 0 Å². The van der Waals surface area contributed by atoms with Gasteiger partial charge in [-0.3, -0.25) is 0 Å². The molecule has 9 nitrogen and oxygen atoms in total. The molecule has 0 bridgehead atoms. The highest BCUT2D eigenvalue weighted by molar-refractivity contribution is 7.92. The number of nitrogens with zero attached hydrogens (tertiary/aromatic N) is 3. The van der Waals surface area contributed by atoms with Crippen LogP contribution in [0.4, 0.5) is 14.9 Å².